The Balaban J connectivity index is 1.34. The third kappa shape index (κ3) is 3.60. The maximum Gasteiger partial charge on any atom is 0.339 e. The highest BCUT2D eigenvalue weighted by atomic mass is 16.5. The highest BCUT2D eigenvalue weighted by Crippen LogP contribution is 2.40. The Labute approximate surface area is 144 Å². The summed E-state index contributed by atoms with van der Waals surface area (Å²) in [7, 11) is 0. The monoisotopic (exact) mass is 344 g/mol. The van der Waals surface area contributed by atoms with Crippen LogP contribution in [0, 0.1) is 6.92 Å². The number of rotatable bonds is 4. The zero-order valence-corrected chi connectivity index (χ0v) is 14.1. The molecule has 1 saturated carbocycles. The van der Waals surface area contributed by atoms with E-state index >= 15 is 0 Å². The number of ether oxygens (including phenoxy) is 1. The molecule has 132 valence electrons. The number of aryl methyl sites for hydroxylation is 1. The maximum absolute atomic E-state index is 12.5. The predicted octanol–water partition coefficient (Wildman–Crippen LogP) is 2.50. The third-order valence-electron chi connectivity index (χ3n) is 4.63. The molecule has 7 nitrogen and oxygen atoms in total. The van der Waals surface area contributed by atoms with Gasteiger partial charge in [0.05, 0.1) is 6.07 Å². The van der Waals surface area contributed by atoms with E-state index in [0.29, 0.717) is 49.1 Å². The predicted molar refractivity (Wildman–Crippen MR) is 87.7 cm³/mol. The first kappa shape index (κ1) is 15.9. The van der Waals surface area contributed by atoms with Gasteiger partial charge in [0.1, 0.15) is 23.4 Å². The lowest BCUT2D eigenvalue weighted by Gasteiger charge is -2.31. The number of amides is 1. The van der Waals surface area contributed by atoms with Crippen LogP contribution in [0.2, 0.25) is 0 Å². The number of carbonyl (C=O) groups excluding carboxylic acids is 1. The van der Waals surface area contributed by atoms with E-state index in [1.807, 2.05) is 0 Å². The van der Waals surface area contributed by atoms with Gasteiger partial charge in [0.25, 0.3) is 5.91 Å². The zero-order chi connectivity index (χ0) is 17.4. The molecular formula is C18H20N2O5. The molecule has 0 radical (unpaired) electrons. The first-order valence-electron chi connectivity index (χ1n) is 8.63. The lowest BCUT2D eigenvalue weighted by atomic mass is 10.1. The van der Waals surface area contributed by atoms with Crippen molar-refractivity contribution in [3.8, 4) is 5.75 Å². The molecule has 3 heterocycles. The first-order chi connectivity index (χ1) is 12.1. The number of carbonyl (C=O) groups is 1. The lowest BCUT2D eigenvalue weighted by Crippen LogP contribution is -2.42. The van der Waals surface area contributed by atoms with Gasteiger partial charge >= 0.3 is 5.63 Å². The Morgan fingerprint density at radius 3 is 2.64 bits per heavy atom. The van der Waals surface area contributed by atoms with Gasteiger partial charge in [-0.05, 0) is 19.8 Å². The van der Waals surface area contributed by atoms with Gasteiger partial charge in [-0.3, -0.25) is 4.79 Å². The van der Waals surface area contributed by atoms with Crippen molar-refractivity contribution in [2.24, 2.45) is 0 Å². The van der Waals surface area contributed by atoms with E-state index in [-0.39, 0.29) is 12.0 Å². The Hall–Kier alpha value is -2.57. The van der Waals surface area contributed by atoms with Crippen molar-refractivity contribution < 1.29 is 18.5 Å². The third-order valence-corrected chi connectivity index (χ3v) is 4.63. The van der Waals surface area contributed by atoms with Crippen LogP contribution in [0.1, 0.15) is 53.6 Å². The van der Waals surface area contributed by atoms with Crippen LogP contribution in [0.15, 0.2) is 31.9 Å². The van der Waals surface area contributed by atoms with Crippen LogP contribution in [0.25, 0.3) is 0 Å². The van der Waals surface area contributed by atoms with Crippen molar-refractivity contribution in [3.05, 3.63) is 45.8 Å². The molecule has 0 aromatic carbocycles. The van der Waals surface area contributed by atoms with E-state index in [4.69, 9.17) is 13.7 Å². The fourth-order valence-corrected chi connectivity index (χ4v) is 3.13. The Kier molecular flexibility index (Phi) is 4.07. The molecule has 0 bridgehead atoms. The van der Waals surface area contributed by atoms with Crippen molar-refractivity contribution in [1.29, 1.82) is 0 Å². The largest absolute Gasteiger partial charge is 0.490 e. The molecule has 7 heteroatoms. The van der Waals surface area contributed by atoms with Crippen LogP contribution in [0.4, 0.5) is 0 Å². The number of piperidine rings is 1. The summed E-state index contributed by atoms with van der Waals surface area (Å²) >= 11 is 0. The van der Waals surface area contributed by atoms with Gasteiger partial charge in [0, 0.05) is 44.0 Å². The molecule has 2 aromatic rings. The Bertz CT molecular complexity index is 828. The van der Waals surface area contributed by atoms with E-state index in [1.165, 1.54) is 6.07 Å². The number of hydrogen-bond donors (Lipinski definition) is 0. The van der Waals surface area contributed by atoms with E-state index in [2.05, 4.69) is 5.16 Å². The average molecular weight is 344 g/mol. The lowest BCUT2D eigenvalue weighted by molar-refractivity contribution is 0.0585. The van der Waals surface area contributed by atoms with Crippen molar-refractivity contribution in [1.82, 2.24) is 10.1 Å². The highest BCUT2D eigenvalue weighted by molar-refractivity contribution is 5.92. The second kappa shape index (κ2) is 6.38. The molecule has 2 aliphatic rings. The highest BCUT2D eigenvalue weighted by Gasteiger charge is 2.31. The molecule has 1 saturated heterocycles. The second-order valence-electron chi connectivity index (χ2n) is 6.72. The van der Waals surface area contributed by atoms with Gasteiger partial charge in [0.2, 0.25) is 0 Å². The van der Waals surface area contributed by atoms with Crippen LogP contribution < -0.4 is 10.4 Å². The summed E-state index contributed by atoms with van der Waals surface area (Å²) in [5.41, 5.74) is -0.0299. The molecule has 2 fully saturated rings. The standard InChI is InChI=1S/C18H20N2O5/c1-11-8-14(9-17(21)23-11)24-13-4-6-20(7-5-13)18(22)15-10-16(25-19-15)12-2-3-12/h8-10,12-13H,2-7H2,1H3. The van der Waals surface area contributed by atoms with Crippen molar-refractivity contribution in [3.63, 3.8) is 0 Å². The molecule has 25 heavy (non-hydrogen) atoms. The summed E-state index contributed by atoms with van der Waals surface area (Å²) in [6, 6.07) is 4.82. The Morgan fingerprint density at radius 2 is 1.96 bits per heavy atom. The summed E-state index contributed by atoms with van der Waals surface area (Å²) in [6.45, 7) is 2.90. The summed E-state index contributed by atoms with van der Waals surface area (Å²) in [5, 5.41) is 3.92. The molecule has 1 amide bonds. The van der Waals surface area contributed by atoms with Crippen molar-refractivity contribution in [2.75, 3.05) is 13.1 Å². The number of likely N-dealkylation sites (tertiary alicyclic amines) is 1. The second-order valence-corrected chi connectivity index (χ2v) is 6.72. The van der Waals surface area contributed by atoms with Gasteiger partial charge in [-0.1, -0.05) is 5.16 Å². The van der Waals surface area contributed by atoms with Gasteiger partial charge in [-0.25, -0.2) is 4.79 Å². The van der Waals surface area contributed by atoms with Crippen LogP contribution >= 0.6 is 0 Å². The van der Waals surface area contributed by atoms with Crippen LogP contribution in [-0.4, -0.2) is 35.2 Å². The van der Waals surface area contributed by atoms with Gasteiger partial charge in [0.15, 0.2) is 5.69 Å². The van der Waals surface area contributed by atoms with Crippen molar-refractivity contribution in [2.45, 2.75) is 44.6 Å². The normalized spacial score (nSPS) is 18.4. The average Bonchev–Trinajstić information content (AvgIpc) is 3.31. The summed E-state index contributed by atoms with van der Waals surface area (Å²) in [6.07, 6.45) is 3.62. The minimum atomic E-state index is -0.417. The van der Waals surface area contributed by atoms with Crippen LogP contribution in [0.5, 0.6) is 5.75 Å². The smallest absolute Gasteiger partial charge is 0.339 e. The van der Waals surface area contributed by atoms with Crippen LogP contribution in [0.3, 0.4) is 0 Å². The first-order valence-corrected chi connectivity index (χ1v) is 8.63. The molecule has 1 aliphatic carbocycles. The molecule has 0 unspecified atom stereocenters. The summed E-state index contributed by atoms with van der Waals surface area (Å²) in [5.74, 6) is 2.21. The minimum absolute atomic E-state index is 0.0235. The molecule has 0 N–H and O–H groups in total. The number of nitrogens with zero attached hydrogens (tertiary/aromatic N) is 2. The summed E-state index contributed by atoms with van der Waals surface area (Å²) < 4.78 is 16.0. The fourth-order valence-electron chi connectivity index (χ4n) is 3.13. The van der Waals surface area contributed by atoms with E-state index in [9.17, 15) is 9.59 Å². The van der Waals surface area contributed by atoms with E-state index in [0.717, 1.165) is 18.6 Å². The Morgan fingerprint density at radius 1 is 1.20 bits per heavy atom. The van der Waals surface area contributed by atoms with Gasteiger partial charge < -0.3 is 18.6 Å². The molecule has 4 rings (SSSR count). The van der Waals surface area contributed by atoms with Crippen LogP contribution in [-0.2, 0) is 0 Å². The van der Waals surface area contributed by atoms with Gasteiger partial charge in [-0.2, -0.15) is 0 Å². The summed E-state index contributed by atoms with van der Waals surface area (Å²) in [4.78, 5) is 25.7. The van der Waals surface area contributed by atoms with E-state index in [1.54, 1.807) is 24.0 Å². The maximum atomic E-state index is 12.5. The molecule has 0 atom stereocenters. The topological polar surface area (TPSA) is 85.8 Å². The molecular weight excluding hydrogens is 324 g/mol. The molecule has 2 aromatic heterocycles. The zero-order valence-electron chi connectivity index (χ0n) is 14.1. The van der Waals surface area contributed by atoms with Gasteiger partial charge in [-0.15, -0.1) is 0 Å². The fraction of sp³-hybridized carbons (Fsp3) is 0.500. The van der Waals surface area contributed by atoms with E-state index < -0.39 is 5.63 Å². The number of hydrogen-bond acceptors (Lipinski definition) is 6. The molecule has 0 spiro atoms. The quantitative estimate of drug-likeness (QED) is 0.847. The SMILES string of the molecule is Cc1cc(OC2CCN(C(=O)c3cc(C4CC4)on3)CC2)cc(=O)o1. The number of aromatic nitrogens is 1. The minimum Gasteiger partial charge on any atom is -0.490 e. The molecule has 1 aliphatic heterocycles. The van der Waals surface area contributed by atoms with Crippen molar-refractivity contribution >= 4 is 5.91 Å².